The molecular weight excluding hydrogens is 256 g/mol. The highest BCUT2D eigenvalue weighted by atomic mass is 35.5. The molecule has 1 aliphatic rings. The number of benzene rings is 1. The maximum atomic E-state index is 5.93. The number of nitrogens with two attached hydrogens (primary N) is 1. The number of hydrogen-bond donors (Lipinski definition) is 1. The number of nitrogen functional groups attached to an aromatic ring is 1. The third kappa shape index (κ3) is 2.63. The molecule has 1 aromatic rings. The van der Waals surface area contributed by atoms with Gasteiger partial charge in [-0.1, -0.05) is 11.6 Å². The van der Waals surface area contributed by atoms with Crippen LogP contribution >= 0.6 is 34.8 Å². The zero-order valence-electron chi connectivity index (χ0n) is 7.84. The first-order valence-electron chi connectivity index (χ1n) is 4.55. The van der Waals surface area contributed by atoms with Crippen molar-refractivity contribution in [3.63, 3.8) is 0 Å². The van der Waals surface area contributed by atoms with E-state index in [4.69, 9.17) is 45.3 Å². The molecule has 1 fully saturated rings. The number of rotatable bonds is 3. The summed E-state index contributed by atoms with van der Waals surface area (Å²) in [5.74, 6) is 0.802. The molecule has 2 nitrogen and oxygen atoms in total. The average Bonchev–Trinajstić information content (AvgIpc) is 2.73. The van der Waals surface area contributed by atoms with E-state index < -0.39 is 4.33 Å². The number of anilines is 1. The van der Waals surface area contributed by atoms with Gasteiger partial charge in [0.2, 0.25) is 0 Å². The minimum atomic E-state index is -0.611. The molecule has 82 valence electrons. The van der Waals surface area contributed by atoms with Crippen LogP contribution < -0.4 is 10.5 Å². The summed E-state index contributed by atoms with van der Waals surface area (Å²) in [6.45, 7) is 0.483. The van der Waals surface area contributed by atoms with Crippen molar-refractivity contribution in [3.8, 4) is 5.75 Å². The first-order chi connectivity index (χ1) is 6.99. The van der Waals surface area contributed by atoms with Crippen LogP contribution in [0.3, 0.4) is 0 Å². The van der Waals surface area contributed by atoms with Gasteiger partial charge in [-0.2, -0.15) is 0 Å². The van der Waals surface area contributed by atoms with Crippen LogP contribution in [0.15, 0.2) is 18.2 Å². The van der Waals surface area contributed by atoms with Crippen LogP contribution in [0.2, 0.25) is 5.02 Å². The second-order valence-corrected chi connectivity index (χ2v) is 5.61. The Kier molecular flexibility index (Phi) is 2.93. The molecule has 5 heteroatoms. The van der Waals surface area contributed by atoms with Gasteiger partial charge in [0.25, 0.3) is 0 Å². The molecule has 1 aromatic carbocycles. The van der Waals surface area contributed by atoms with Crippen molar-refractivity contribution < 1.29 is 4.74 Å². The second-order valence-electron chi connectivity index (χ2n) is 3.66. The van der Waals surface area contributed by atoms with E-state index in [1.807, 2.05) is 0 Å². The predicted octanol–water partition coefficient (Wildman–Crippen LogP) is 3.49. The molecule has 0 spiro atoms. The van der Waals surface area contributed by atoms with Crippen molar-refractivity contribution in [1.29, 1.82) is 0 Å². The Morgan fingerprint density at radius 3 is 2.67 bits per heavy atom. The third-order valence-corrected chi connectivity index (χ3v) is 3.57. The highest BCUT2D eigenvalue weighted by molar-refractivity contribution is 6.50. The van der Waals surface area contributed by atoms with Gasteiger partial charge in [-0.3, -0.25) is 0 Å². The Labute approximate surface area is 103 Å². The smallest absolute Gasteiger partial charge is 0.138 e. The number of halogens is 3. The normalized spacial score (nSPS) is 22.5. The predicted molar refractivity (Wildman–Crippen MR) is 63.9 cm³/mol. The van der Waals surface area contributed by atoms with Crippen LogP contribution in [0.25, 0.3) is 0 Å². The molecule has 0 heterocycles. The molecule has 2 rings (SSSR count). The van der Waals surface area contributed by atoms with Gasteiger partial charge in [0.1, 0.15) is 10.1 Å². The topological polar surface area (TPSA) is 35.2 Å². The molecule has 1 saturated carbocycles. The van der Waals surface area contributed by atoms with Gasteiger partial charge in [-0.25, -0.2) is 0 Å². The lowest BCUT2D eigenvalue weighted by Gasteiger charge is -2.08. The first kappa shape index (κ1) is 11.2. The number of hydrogen-bond acceptors (Lipinski definition) is 2. The first-order valence-corrected chi connectivity index (χ1v) is 5.68. The Morgan fingerprint density at radius 1 is 1.47 bits per heavy atom. The van der Waals surface area contributed by atoms with E-state index >= 15 is 0 Å². The monoisotopic (exact) mass is 265 g/mol. The van der Waals surface area contributed by atoms with Gasteiger partial charge in [-0.15, -0.1) is 23.2 Å². The van der Waals surface area contributed by atoms with Gasteiger partial charge in [0.05, 0.1) is 11.6 Å². The minimum absolute atomic E-state index is 0.189. The Balaban J connectivity index is 1.94. The van der Waals surface area contributed by atoms with Crippen LogP contribution in [0.1, 0.15) is 6.42 Å². The van der Waals surface area contributed by atoms with Gasteiger partial charge >= 0.3 is 0 Å². The molecule has 0 aliphatic heterocycles. The van der Waals surface area contributed by atoms with Crippen LogP contribution in [0.4, 0.5) is 5.69 Å². The molecular formula is C10H10Cl3NO. The summed E-state index contributed by atoms with van der Waals surface area (Å²) >= 11 is 17.7. The molecule has 15 heavy (non-hydrogen) atoms. The highest BCUT2D eigenvalue weighted by Crippen LogP contribution is 2.53. The SMILES string of the molecule is Nc1ccc(OCC2CC2(Cl)Cl)c(Cl)c1. The maximum absolute atomic E-state index is 5.93. The van der Waals surface area contributed by atoms with E-state index in [0.29, 0.717) is 23.1 Å². The van der Waals surface area contributed by atoms with Gasteiger partial charge < -0.3 is 10.5 Å². The molecule has 0 bridgehead atoms. The van der Waals surface area contributed by atoms with E-state index in [2.05, 4.69) is 0 Å². The maximum Gasteiger partial charge on any atom is 0.138 e. The van der Waals surface area contributed by atoms with E-state index in [1.54, 1.807) is 18.2 Å². The Morgan fingerprint density at radius 2 is 2.13 bits per heavy atom. The molecule has 0 amide bonds. The fraction of sp³-hybridized carbons (Fsp3) is 0.400. The number of alkyl halides is 2. The summed E-state index contributed by atoms with van der Waals surface area (Å²) in [7, 11) is 0. The largest absolute Gasteiger partial charge is 0.492 e. The summed E-state index contributed by atoms with van der Waals surface area (Å²) in [5.41, 5.74) is 6.17. The van der Waals surface area contributed by atoms with Crippen LogP contribution in [0, 0.1) is 5.92 Å². The van der Waals surface area contributed by atoms with Gasteiger partial charge in [-0.05, 0) is 24.6 Å². The minimum Gasteiger partial charge on any atom is -0.492 e. The van der Waals surface area contributed by atoms with Crippen molar-refractivity contribution in [2.24, 2.45) is 5.92 Å². The molecule has 1 atom stereocenters. The molecule has 2 N–H and O–H groups in total. The van der Waals surface area contributed by atoms with Crippen molar-refractivity contribution >= 4 is 40.5 Å². The molecule has 1 unspecified atom stereocenters. The average molecular weight is 267 g/mol. The van der Waals surface area contributed by atoms with E-state index in [-0.39, 0.29) is 5.92 Å². The lowest BCUT2D eigenvalue weighted by Crippen LogP contribution is -2.04. The third-order valence-electron chi connectivity index (χ3n) is 2.35. The molecule has 0 aromatic heterocycles. The fourth-order valence-electron chi connectivity index (χ4n) is 1.27. The standard InChI is InChI=1S/C10H10Cl3NO/c11-8-3-7(14)1-2-9(8)15-5-6-4-10(6,12)13/h1-3,6H,4-5,14H2. The lowest BCUT2D eigenvalue weighted by atomic mass is 10.3. The second kappa shape index (κ2) is 3.93. The summed E-state index contributed by atoms with van der Waals surface area (Å²) in [5, 5.41) is 0.505. The Hall–Kier alpha value is -0.310. The van der Waals surface area contributed by atoms with E-state index in [0.717, 1.165) is 6.42 Å². The van der Waals surface area contributed by atoms with Crippen molar-refractivity contribution in [3.05, 3.63) is 23.2 Å². The van der Waals surface area contributed by atoms with Gasteiger partial charge in [0, 0.05) is 11.6 Å². The molecule has 0 radical (unpaired) electrons. The zero-order valence-corrected chi connectivity index (χ0v) is 10.1. The lowest BCUT2D eigenvalue weighted by molar-refractivity contribution is 0.299. The summed E-state index contributed by atoms with van der Waals surface area (Å²) in [6.07, 6.45) is 0.767. The summed E-state index contributed by atoms with van der Waals surface area (Å²) < 4.78 is 4.88. The van der Waals surface area contributed by atoms with Gasteiger partial charge in [0.15, 0.2) is 0 Å². The van der Waals surface area contributed by atoms with E-state index in [9.17, 15) is 0 Å². The zero-order chi connectivity index (χ0) is 11.1. The van der Waals surface area contributed by atoms with E-state index in [1.165, 1.54) is 0 Å². The van der Waals surface area contributed by atoms with Crippen LogP contribution in [0.5, 0.6) is 5.75 Å². The van der Waals surface area contributed by atoms with Crippen LogP contribution in [-0.4, -0.2) is 10.9 Å². The fourth-order valence-corrected chi connectivity index (χ4v) is 2.02. The van der Waals surface area contributed by atoms with Crippen molar-refractivity contribution in [1.82, 2.24) is 0 Å². The molecule has 1 aliphatic carbocycles. The quantitative estimate of drug-likeness (QED) is 0.671. The summed E-state index contributed by atoms with van der Waals surface area (Å²) in [4.78, 5) is 0. The van der Waals surface area contributed by atoms with Crippen molar-refractivity contribution in [2.45, 2.75) is 10.8 Å². The van der Waals surface area contributed by atoms with Crippen LogP contribution in [-0.2, 0) is 0 Å². The Bertz CT molecular complexity index is 381. The highest BCUT2D eigenvalue weighted by Gasteiger charge is 2.52. The number of ether oxygens (including phenoxy) is 1. The van der Waals surface area contributed by atoms with Crippen molar-refractivity contribution in [2.75, 3.05) is 12.3 Å². The molecule has 0 saturated heterocycles. The summed E-state index contributed by atoms with van der Waals surface area (Å²) in [6, 6.07) is 5.13.